The summed E-state index contributed by atoms with van der Waals surface area (Å²) in [5.74, 6) is 5.89. The first-order valence-electron chi connectivity index (χ1n) is 7.10. The van der Waals surface area contributed by atoms with Gasteiger partial charge in [-0.1, -0.05) is 11.8 Å². The number of aromatic nitrogens is 1. The summed E-state index contributed by atoms with van der Waals surface area (Å²) in [5.41, 5.74) is 0.918. The smallest absolute Gasteiger partial charge is 0.273 e. The summed E-state index contributed by atoms with van der Waals surface area (Å²) in [6.07, 6.45) is 3.24. The SMILES string of the molecule is CN(CC1CC(O)C1)C(=O)c1ncccc1C#CCCO. The van der Waals surface area contributed by atoms with E-state index in [1.165, 1.54) is 0 Å². The molecule has 0 unspecified atom stereocenters. The molecule has 112 valence electrons. The van der Waals surface area contributed by atoms with E-state index in [1.807, 2.05) is 0 Å². The summed E-state index contributed by atoms with van der Waals surface area (Å²) in [5, 5.41) is 18.0. The Bertz CT molecular complexity index is 556. The number of hydrogen-bond acceptors (Lipinski definition) is 4. The molecule has 5 nitrogen and oxygen atoms in total. The Morgan fingerprint density at radius 1 is 1.52 bits per heavy atom. The number of amides is 1. The lowest BCUT2D eigenvalue weighted by Gasteiger charge is -2.34. The molecule has 0 saturated heterocycles. The second-order valence-electron chi connectivity index (χ2n) is 5.35. The fourth-order valence-electron chi connectivity index (χ4n) is 2.39. The molecule has 1 aliphatic rings. The van der Waals surface area contributed by atoms with Crippen molar-refractivity contribution in [2.75, 3.05) is 20.2 Å². The normalized spacial score (nSPS) is 20.1. The van der Waals surface area contributed by atoms with Crippen molar-refractivity contribution in [2.24, 2.45) is 5.92 Å². The van der Waals surface area contributed by atoms with Gasteiger partial charge in [-0.15, -0.1) is 0 Å². The van der Waals surface area contributed by atoms with Crippen LogP contribution in [0.2, 0.25) is 0 Å². The summed E-state index contributed by atoms with van der Waals surface area (Å²) >= 11 is 0. The van der Waals surface area contributed by atoms with Crippen LogP contribution in [0.1, 0.15) is 35.3 Å². The van der Waals surface area contributed by atoms with Crippen LogP contribution in [0.15, 0.2) is 18.3 Å². The number of rotatable bonds is 4. The summed E-state index contributed by atoms with van der Waals surface area (Å²) < 4.78 is 0. The van der Waals surface area contributed by atoms with Gasteiger partial charge in [0, 0.05) is 26.2 Å². The van der Waals surface area contributed by atoms with Gasteiger partial charge < -0.3 is 15.1 Å². The highest BCUT2D eigenvalue weighted by Gasteiger charge is 2.29. The summed E-state index contributed by atoms with van der Waals surface area (Å²) in [6, 6.07) is 3.49. The molecule has 1 aromatic heterocycles. The van der Waals surface area contributed by atoms with Crippen LogP contribution in [0.25, 0.3) is 0 Å². The van der Waals surface area contributed by atoms with Gasteiger partial charge in [0.25, 0.3) is 5.91 Å². The van der Waals surface area contributed by atoms with Gasteiger partial charge in [-0.25, -0.2) is 4.98 Å². The molecule has 0 radical (unpaired) electrons. The van der Waals surface area contributed by atoms with Crippen LogP contribution >= 0.6 is 0 Å². The zero-order chi connectivity index (χ0) is 15.2. The summed E-state index contributed by atoms with van der Waals surface area (Å²) in [4.78, 5) is 18.2. The van der Waals surface area contributed by atoms with Crippen molar-refractivity contribution in [3.63, 3.8) is 0 Å². The fraction of sp³-hybridized carbons (Fsp3) is 0.500. The van der Waals surface area contributed by atoms with E-state index < -0.39 is 0 Å². The quantitative estimate of drug-likeness (QED) is 0.798. The van der Waals surface area contributed by atoms with Crippen molar-refractivity contribution in [1.82, 2.24) is 9.88 Å². The molecule has 0 bridgehead atoms. The molecule has 2 N–H and O–H groups in total. The van der Waals surface area contributed by atoms with Gasteiger partial charge in [0.15, 0.2) is 0 Å². The molecule has 5 heteroatoms. The maximum absolute atomic E-state index is 12.4. The summed E-state index contributed by atoms with van der Waals surface area (Å²) in [6.45, 7) is 0.621. The summed E-state index contributed by atoms with van der Waals surface area (Å²) in [7, 11) is 1.74. The van der Waals surface area contributed by atoms with Gasteiger partial charge in [0.1, 0.15) is 5.69 Å². The van der Waals surface area contributed by atoms with E-state index in [0.717, 1.165) is 12.8 Å². The molecule has 0 spiro atoms. The van der Waals surface area contributed by atoms with Gasteiger partial charge in [0.2, 0.25) is 0 Å². The molecule has 2 rings (SSSR count). The van der Waals surface area contributed by atoms with Crippen LogP contribution in [-0.2, 0) is 0 Å². The van der Waals surface area contributed by atoms with Gasteiger partial charge in [-0.05, 0) is 30.9 Å². The third-order valence-electron chi connectivity index (χ3n) is 3.56. The van der Waals surface area contributed by atoms with Crippen molar-refractivity contribution < 1.29 is 15.0 Å². The van der Waals surface area contributed by atoms with E-state index in [1.54, 1.807) is 30.3 Å². The number of carbonyl (C=O) groups is 1. The van der Waals surface area contributed by atoms with Crippen LogP contribution in [0.3, 0.4) is 0 Å². The van der Waals surface area contributed by atoms with Gasteiger partial charge >= 0.3 is 0 Å². The van der Waals surface area contributed by atoms with Crippen LogP contribution in [0, 0.1) is 17.8 Å². The number of aliphatic hydroxyl groups is 2. The number of hydrogen-bond donors (Lipinski definition) is 2. The van der Waals surface area contributed by atoms with Crippen LogP contribution in [-0.4, -0.2) is 52.3 Å². The Morgan fingerprint density at radius 2 is 2.29 bits per heavy atom. The standard InChI is InChI=1S/C16H20N2O3/c1-18(11-12-9-14(20)10-12)16(21)15-13(5-2-3-8-19)6-4-7-17-15/h4,6-7,12,14,19-20H,3,8-11H2,1H3. The minimum absolute atomic E-state index is 0.000448. The number of aliphatic hydroxyl groups excluding tert-OH is 2. The van der Waals surface area contributed by atoms with Crippen molar-refractivity contribution >= 4 is 5.91 Å². The Balaban J connectivity index is 2.06. The van der Waals surface area contributed by atoms with E-state index in [2.05, 4.69) is 16.8 Å². The molecule has 1 saturated carbocycles. The fourth-order valence-corrected chi connectivity index (χ4v) is 2.39. The van der Waals surface area contributed by atoms with Gasteiger partial charge in [-0.3, -0.25) is 4.79 Å². The Morgan fingerprint density at radius 3 is 2.95 bits per heavy atom. The number of nitrogens with zero attached hydrogens (tertiary/aromatic N) is 2. The Hall–Kier alpha value is -1.90. The molecule has 0 aliphatic heterocycles. The Kier molecular flexibility index (Phi) is 5.32. The van der Waals surface area contributed by atoms with Crippen molar-refractivity contribution in [1.29, 1.82) is 0 Å². The lowest BCUT2D eigenvalue weighted by Crippen LogP contribution is -2.40. The van der Waals surface area contributed by atoms with E-state index in [4.69, 9.17) is 5.11 Å². The second-order valence-corrected chi connectivity index (χ2v) is 5.35. The Labute approximate surface area is 124 Å². The predicted molar refractivity (Wildman–Crippen MR) is 78.5 cm³/mol. The van der Waals surface area contributed by atoms with E-state index in [0.29, 0.717) is 30.1 Å². The average Bonchev–Trinajstić information content (AvgIpc) is 2.45. The third-order valence-corrected chi connectivity index (χ3v) is 3.56. The van der Waals surface area contributed by atoms with Gasteiger partial charge in [0.05, 0.1) is 18.3 Å². The van der Waals surface area contributed by atoms with Gasteiger partial charge in [-0.2, -0.15) is 0 Å². The van der Waals surface area contributed by atoms with E-state index >= 15 is 0 Å². The first-order chi connectivity index (χ1) is 10.1. The van der Waals surface area contributed by atoms with Crippen molar-refractivity contribution in [3.8, 4) is 11.8 Å². The third kappa shape index (κ3) is 4.03. The molecule has 0 aromatic carbocycles. The first-order valence-corrected chi connectivity index (χ1v) is 7.10. The number of pyridine rings is 1. The monoisotopic (exact) mass is 288 g/mol. The molecule has 0 atom stereocenters. The number of carbonyl (C=O) groups excluding carboxylic acids is 1. The predicted octanol–water partition coefficient (Wildman–Crippen LogP) is 0.658. The van der Waals surface area contributed by atoms with E-state index in [-0.39, 0.29) is 18.6 Å². The minimum atomic E-state index is -0.215. The molecule has 1 amide bonds. The maximum atomic E-state index is 12.4. The lowest BCUT2D eigenvalue weighted by molar-refractivity contribution is 0.0264. The van der Waals surface area contributed by atoms with Crippen molar-refractivity contribution in [2.45, 2.75) is 25.4 Å². The molecular weight excluding hydrogens is 268 g/mol. The highest BCUT2D eigenvalue weighted by Crippen LogP contribution is 2.27. The molecule has 1 aromatic rings. The zero-order valence-corrected chi connectivity index (χ0v) is 12.1. The van der Waals surface area contributed by atoms with Crippen LogP contribution in [0.5, 0.6) is 0 Å². The highest BCUT2D eigenvalue weighted by molar-refractivity contribution is 5.94. The largest absolute Gasteiger partial charge is 0.395 e. The molecule has 21 heavy (non-hydrogen) atoms. The first kappa shape index (κ1) is 15.5. The van der Waals surface area contributed by atoms with E-state index in [9.17, 15) is 9.90 Å². The average molecular weight is 288 g/mol. The lowest BCUT2D eigenvalue weighted by atomic mass is 9.82. The minimum Gasteiger partial charge on any atom is -0.395 e. The molecular formula is C16H20N2O3. The second kappa shape index (κ2) is 7.21. The topological polar surface area (TPSA) is 73.7 Å². The zero-order valence-electron chi connectivity index (χ0n) is 12.1. The molecule has 1 fully saturated rings. The molecule has 1 heterocycles. The highest BCUT2D eigenvalue weighted by atomic mass is 16.3. The van der Waals surface area contributed by atoms with Crippen LogP contribution in [0.4, 0.5) is 0 Å². The molecule has 1 aliphatic carbocycles. The maximum Gasteiger partial charge on any atom is 0.273 e. The van der Waals surface area contributed by atoms with Crippen molar-refractivity contribution in [3.05, 3.63) is 29.6 Å². The van der Waals surface area contributed by atoms with Crippen LogP contribution < -0.4 is 0 Å².